The topological polar surface area (TPSA) is 64.6 Å². The van der Waals surface area contributed by atoms with Crippen molar-refractivity contribution in [2.24, 2.45) is 0 Å². The predicted molar refractivity (Wildman–Crippen MR) is 92.2 cm³/mol. The monoisotopic (exact) mass is 341 g/mol. The van der Waals surface area contributed by atoms with Crippen molar-refractivity contribution in [3.05, 3.63) is 60.7 Å². The predicted octanol–water partition coefficient (Wildman–Crippen LogP) is 3.41. The van der Waals surface area contributed by atoms with E-state index in [2.05, 4.69) is 4.72 Å². The molecule has 0 aliphatic carbocycles. The molecule has 1 aliphatic heterocycles. The van der Waals surface area contributed by atoms with Gasteiger partial charge in [-0.05, 0) is 23.6 Å². The lowest BCUT2D eigenvalue weighted by Crippen LogP contribution is -2.16. The van der Waals surface area contributed by atoms with Crippen molar-refractivity contribution in [3.63, 3.8) is 0 Å². The highest BCUT2D eigenvalue weighted by atomic mass is 32.2. The van der Waals surface area contributed by atoms with Gasteiger partial charge in [0.2, 0.25) is 0 Å². The lowest BCUT2D eigenvalue weighted by atomic mass is 10.1. The Kier molecular flexibility index (Phi) is 3.54. The molecule has 122 valence electrons. The number of rotatable bonds is 3. The van der Waals surface area contributed by atoms with Crippen molar-refractivity contribution in [2.45, 2.75) is 4.90 Å². The average Bonchev–Trinajstić information content (AvgIpc) is 2.61. The van der Waals surface area contributed by atoms with Crippen molar-refractivity contribution >= 4 is 26.5 Å². The maximum absolute atomic E-state index is 12.8. The summed E-state index contributed by atoms with van der Waals surface area (Å²) in [5, 5.41) is 1.56. The number of ether oxygens (including phenoxy) is 2. The molecule has 5 nitrogen and oxygen atoms in total. The van der Waals surface area contributed by atoms with Crippen LogP contribution < -0.4 is 14.2 Å². The molecule has 0 radical (unpaired) electrons. The SMILES string of the molecule is O=S(=O)(Nc1ccc2c(c1)OCCO2)c1cccc2ccccc12. The Hall–Kier alpha value is -2.73. The van der Waals surface area contributed by atoms with Gasteiger partial charge in [-0.1, -0.05) is 36.4 Å². The Morgan fingerprint density at radius 3 is 2.46 bits per heavy atom. The van der Waals surface area contributed by atoms with Gasteiger partial charge >= 0.3 is 0 Å². The second-order valence-corrected chi connectivity index (χ2v) is 7.09. The van der Waals surface area contributed by atoms with Gasteiger partial charge in [0.25, 0.3) is 10.0 Å². The van der Waals surface area contributed by atoms with Gasteiger partial charge in [-0.15, -0.1) is 0 Å². The lowest BCUT2D eigenvalue weighted by Gasteiger charge is -2.19. The van der Waals surface area contributed by atoms with Crippen LogP contribution in [0.15, 0.2) is 65.6 Å². The molecule has 1 heterocycles. The second kappa shape index (κ2) is 5.72. The van der Waals surface area contributed by atoms with Crippen LogP contribution >= 0.6 is 0 Å². The first-order valence-corrected chi connectivity index (χ1v) is 9.02. The molecule has 24 heavy (non-hydrogen) atoms. The van der Waals surface area contributed by atoms with Gasteiger partial charge in [-0.25, -0.2) is 8.42 Å². The molecule has 0 amide bonds. The molecule has 6 heteroatoms. The number of hydrogen-bond donors (Lipinski definition) is 1. The summed E-state index contributed by atoms with van der Waals surface area (Å²) in [5.41, 5.74) is 0.437. The number of anilines is 1. The molecule has 0 saturated heterocycles. The maximum Gasteiger partial charge on any atom is 0.262 e. The number of benzene rings is 3. The van der Waals surface area contributed by atoms with E-state index in [9.17, 15) is 8.42 Å². The van der Waals surface area contributed by atoms with Crippen molar-refractivity contribution in [1.29, 1.82) is 0 Å². The largest absolute Gasteiger partial charge is 0.486 e. The summed E-state index contributed by atoms with van der Waals surface area (Å²) < 4.78 is 39.2. The van der Waals surface area contributed by atoms with Gasteiger partial charge in [0, 0.05) is 11.5 Å². The van der Waals surface area contributed by atoms with Crippen LogP contribution in [-0.4, -0.2) is 21.6 Å². The van der Waals surface area contributed by atoms with Gasteiger partial charge < -0.3 is 9.47 Å². The van der Waals surface area contributed by atoms with E-state index in [0.29, 0.717) is 35.8 Å². The molecule has 0 bridgehead atoms. The fourth-order valence-electron chi connectivity index (χ4n) is 2.75. The summed E-state index contributed by atoms with van der Waals surface area (Å²) in [7, 11) is -3.71. The maximum atomic E-state index is 12.8. The van der Waals surface area contributed by atoms with E-state index in [1.54, 1.807) is 36.4 Å². The minimum Gasteiger partial charge on any atom is -0.486 e. The molecule has 4 rings (SSSR count). The first kappa shape index (κ1) is 14.8. The first-order valence-electron chi connectivity index (χ1n) is 7.54. The van der Waals surface area contributed by atoms with Gasteiger partial charge in [-0.3, -0.25) is 4.72 Å². The highest BCUT2D eigenvalue weighted by Gasteiger charge is 2.19. The van der Waals surface area contributed by atoms with Crippen LogP contribution in [0.4, 0.5) is 5.69 Å². The summed E-state index contributed by atoms with van der Waals surface area (Å²) >= 11 is 0. The Labute approximate surface area is 139 Å². The van der Waals surface area contributed by atoms with Gasteiger partial charge in [0.05, 0.1) is 10.6 Å². The third kappa shape index (κ3) is 2.65. The highest BCUT2D eigenvalue weighted by molar-refractivity contribution is 7.93. The molecule has 1 aliphatic rings. The minimum absolute atomic E-state index is 0.246. The van der Waals surface area contributed by atoms with Crippen molar-refractivity contribution in [2.75, 3.05) is 17.9 Å². The summed E-state index contributed by atoms with van der Waals surface area (Å²) in [5.74, 6) is 1.16. The van der Waals surface area contributed by atoms with Crippen LogP contribution in [0.3, 0.4) is 0 Å². The van der Waals surface area contributed by atoms with Crippen LogP contribution in [0.25, 0.3) is 10.8 Å². The third-order valence-electron chi connectivity index (χ3n) is 3.83. The smallest absolute Gasteiger partial charge is 0.262 e. The van der Waals surface area contributed by atoms with E-state index in [1.807, 2.05) is 24.3 Å². The van der Waals surface area contributed by atoms with Gasteiger partial charge in [-0.2, -0.15) is 0 Å². The van der Waals surface area contributed by atoms with Crippen LogP contribution in [0.5, 0.6) is 11.5 Å². The van der Waals surface area contributed by atoms with E-state index >= 15 is 0 Å². The van der Waals surface area contributed by atoms with E-state index in [1.165, 1.54) is 0 Å². The zero-order valence-electron chi connectivity index (χ0n) is 12.7. The Bertz CT molecular complexity index is 1010. The number of fused-ring (bicyclic) bond motifs is 2. The molecule has 0 atom stereocenters. The number of sulfonamides is 1. The van der Waals surface area contributed by atoms with E-state index in [-0.39, 0.29) is 4.90 Å². The number of nitrogens with one attached hydrogen (secondary N) is 1. The molecule has 1 N–H and O–H groups in total. The standard InChI is InChI=1S/C18H15NO4S/c20-24(21,18-7-3-5-13-4-1-2-6-15(13)18)19-14-8-9-16-17(12-14)23-11-10-22-16/h1-9,12,19H,10-11H2. The molecule has 0 aromatic heterocycles. The molecule has 3 aromatic carbocycles. The van der Waals surface area contributed by atoms with Crippen LogP contribution in [0.1, 0.15) is 0 Å². The van der Waals surface area contributed by atoms with E-state index in [4.69, 9.17) is 9.47 Å². The van der Waals surface area contributed by atoms with Crippen molar-refractivity contribution in [3.8, 4) is 11.5 Å². The molecule has 3 aromatic rings. The Morgan fingerprint density at radius 1 is 0.833 bits per heavy atom. The fourth-order valence-corrected chi connectivity index (χ4v) is 4.03. The Balaban J connectivity index is 1.73. The summed E-state index contributed by atoms with van der Waals surface area (Å²) in [6.07, 6.45) is 0. The third-order valence-corrected chi connectivity index (χ3v) is 5.27. The second-order valence-electron chi connectivity index (χ2n) is 5.44. The molecular formula is C18H15NO4S. The first-order chi connectivity index (χ1) is 11.6. The average molecular weight is 341 g/mol. The van der Waals surface area contributed by atoms with Crippen molar-refractivity contribution < 1.29 is 17.9 Å². The van der Waals surface area contributed by atoms with Crippen LogP contribution in [0.2, 0.25) is 0 Å². The van der Waals surface area contributed by atoms with Gasteiger partial charge in [0.15, 0.2) is 11.5 Å². The number of hydrogen-bond acceptors (Lipinski definition) is 4. The highest BCUT2D eigenvalue weighted by Crippen LogP contribution is 2.33. The zero-order chi connectivity index (χ0) is 16.6. The van der Waals surface area contributed by atoms with E-state index in [0.717, 1.165) is 5.39 Å². The Morgan fingerprint density at radius 2 is 1.58 bits per heavy atom. The summed E-state index contributed by atoms with van der Waals surface area (Å²) in [6.45, 7) is 0.945. The molecule has 0 spiro atoms. The van der Waals surface area contributed by atoms with Gasteiger partial charge in [0.1, 0.15) is 13.2 Å². The lowest BCUT2D eigenvalue weighted by molar-refractivity contribution is 0.171. The normalized spacial score (nSPS) is 13.7. The molecule has 0 saturated carbocycles. The van der Waals surface area contributed by atoms with Crippen LogP contribution in [0, 0.1) is 0 Å². The summed E-state index contributed by atoms with van der Waals surface area (Å²) in [6, 6.07) is 17.6. The van der Waals surface area contributed by atoms with Crippen LogP contribution in [-0.2, 0) is 10.0 Å². The van der Waals surface area contributed by atoms with Crippen molar-refractivity contribution in [1.82, 2.24) is 0 Å². The fraction of sp³-hybridized carbons (Fsp3) is 0.111. The minimum atomic E-state index is -3.71. The summed E-state index contributed by atoms with van der Waals surface area (Å²) in [4.78, 5) is 0.246. The molecular weight excluding hydrogens is 326 g/mol. The molecule has 0 unspecified atom stereocenters. The zero-order valence-corrected chi connectivity index (χ0v) is 13.5. The van der Waals surface area contributed by atoms with E-state index < -0.39 is 10.0 Å². The quantitative estimate of drug-likeness (QED) is 0.793. The molecule has 0 fully saturated rings.